The number of nitrogens with zero attached hydrogens (tertiary/aromatic N) is 1. The molecule has 1 unspecified atom stereocenters. The number of carbonyl (C=O) groups excluding carboxylic acids is 1. The third-order valence-corrected chi connectivity index (χ3v) is 3.90. The molecule has 0 radical (unpaired) electrons. The minimum Gasteiger partial charge on any atom is -0.390 e. The van der Waals surface area contributed by atoms with E-state index in [2.05, 4.69) is 0 Å². The third kappa shape index (κ3) is 3.58. The first-order chi connectivity index (χ1) is 9.53. The fourth-order valence-corrected chi connectivity index (χ4v) is 2.65. The first-order valence-corrected chi connectivity index (χ1v) is 7.12. The summed E-state index contributed by atoms with van der Waals surface area (Å²) in [7, 11) is 1.63. The summed E-state index contributed by atoms with van der Waals surface area (Å²) in [6.07, 6.45) is 2.22. The molecule has 4 heteroatoms. The highest BCUT2D eigenvalue weighted by atomic mass is 16.5. The molecule has 0 spiro atoms. The van der Waals surface area contributed by atoms with Crippen molar-refractivity contribution in [2.75, 3.05) is 20.2 Å². The lowest BCUT2D eigenvalue weighted by atomic mass is 9.98. The Morgan fingerprint density at radius 3 is 2.85 bits per heavy atom. The standard InChI is InChI=1S/C16H23NO3/c1-16(19)8-5-10-17(11-9-16)15(18)14-7-4-3-6-13(14)12-20-2/h3-4,6-7,19H,5,8-12H2,1-2H3. The number of methoxy groups -OCH3 is 1. The number of carbonyl (C=O) groups is 1. The average molecular weight is 277 g/mol. The molecular formula is C16H23NO3. The number of aliphatic hydroxyl groups is 1. The zero-order valence-corrected chi connectivity index (χ0v) is 12.3. The van der Waals surface area contributed by atoms with Crippen molar-refractivity contribution in [3.8, 4) is 0 Å². The molecule has 110 valence electrons. The van der Waals surface area contributed by atoms with Crippen LogP contribution in [0, 0.1) is 0 Å². The second kappa shape index (κ2) is 6.37. The number of rotatable bonds is 3. The molecule has 0 aromatic heterocycles. The van der Waals surface area contributed by atoms with Crippen LogP contribution in [0.1, 0.15) is 42.1 Å². The van der Waals surface area contributed by atoms with E-state index < -0.39 is 5.60 Å². The van der Waals surface area contributed by atoms with Crippen molar-refractivity contribution in [2.45, 2.75) is 38.4 Å². The van der Waals surface area contributed by atoms with Crippen LogP contribution in [-0.2, 0) is 11.3 Å². The van der Waals surface area contributed by atoms with Gasteiger partial charge in [0.15, 0.2) is 0 Å². The van der Waals surface area contributed by atoms with Crippen LogP contribution in [0.3, 0.4) is 0 Å². The number of hydrogen-bond donors (Lipinski definition) is 1. The van der Waals surface area contributed by atoms with Crippen LogP contribution in [-0.4, -0.2) is 41.7 Å². The maximum atomic E-state index is 12.6. The van der Waals surface area contributed by atoms with Crippen molar-refractivity contribution >= 4 is 5.91 Å². The van der Waals surface area contributed by atoms with Crippen LogP contribution < -0.4 is 0 Å². The molecule has 1 aliphatic rings. The summed E-state index contributed by atoms with van der Waals surface area (Å²) in [6, 6.07) is 7.56. The molecule has 1 amide bonds. The van der Waals surface area contributed by atoms with E-state index in [4.69, 9.17) is 4.74 Å². The Kier molecular flexibility index (Phi) is 4.78. The van der Waals surface area contributed by atoms with Gasteiger partial charge >= 0.3 is 0 Å². The quantitative estimate of drug-likeness (QED) is 0.921. The summed E-state index contributed by atoms with van der Waals surface area (Å²) in [6.45, 7) is 3.59. The van der Waals surface area contributed by atoms with Gasteiger partial charge in [0.25, 0.3) is 5.91 Å². The van der Waals surface area contributed by atoms with Gasteiger partial charge in [0.1, 0.15) is 0 Å². The lowest BCUT2D eigenvalue weighted by molar-refractivity contribution is 0.0437. The molecule has 20 heavy (non-hydrogen) atoms. The van der Waals surface area contributed by atoms with Gasteiger partial charge in [-0.3, -0.25) is 4.79 Å². The summed E-state index contributed by atoms with van der Waals surface area (Å²) in [5.74, 6) is 0.0374. The van der Waals surface area contributed by atoms with E-state index in [1.807, 2.05) is 36.1 Å². The van der Waals surface area contributed by atoms with E-state index in [-0.39, 0.29) is 5.91 Å². The molecule has 2 rings (SSSR count). The Hall–Kier alpha value is -1.39. The molecule has 0 saturated carbocycles. The fraction of sp³-hybridized carbons (Fsp3) is 0.562. The van der Waals surface area contributed by atoms with E-state index in [1.54, 1.807) is 7.11 Å². The van der Waals surface area contributed by atoms with Crippen LogP contribution in [0.2, 0.25) is 0 Å². The fourth-order valence-electron chi connectivity index (χ4n) is 2.65. The summed E-state index contributed by atoms with van der Waals surface area (Å²) in [5, 5.41) is 10.1. The lowest BCUT2D eigenvalue weighted by Gasteiger charge is -2.23. The van der Waals surface area contributed by atoms with E-state index in [1.165, 1.54) is 0 Å². The molecule has 0 aliphatic carbocycles. The zero-order valence-electron chi connectivity index (χ0n) is 12.3. The van der Waals surface area contributed by atoms with Gasteiger partial charge in [0, 0.05) is 25.8 Å². The summed E-state index contributed by atoms with van der Waals surface area (Å²) in [5.41, 5.74) is 0.966. The second-order valence-electron chi connectivity index (χ2n) is 5.73. The number of likely N-dealkylation sites (tertiary alicyclic amines) is 1. The predicted molar refractivity (Wildman–Crippen MR) is 77.5 cm³/mol. The normalized spacial score (nSPS) is 23.4. The van der Waals surface area contributed by atoms with Crippen molar-refractivity contribution in [1.82, 2.24) is 4.90 Å². The van der Waals surface area contributed by atoms with Gasteiger partial charge in [-0.2, -0.15) is 0 Å². The Balaban J connectivity index is 2.15. The number of hydrogen-bond acceptors (Lipinski definition) is 3. The van der Waals surface area contributed by atoms with Crippen LogP contribution in [0.4, 0.5) is 0 Å². The minimum atomic E-state index is -0.652. The molecule has 1 N–H and O–H groups in total. The van der Waals surface area contributed by atoms with Gasteiger partial charge in [-0.05, 0) is 37.8 Å². The number of benzene rings is 1. The predicted octanol–water partition coefficient (Wildman–Crippen LogP) is 2.21. The van der Waals surface area contributed by atoms with Crippen LogP contribution >= 0.6 is 0 Å². The van der Waals surface area contributed by atoms with Crippen LogP contribution in [0.5, 0.6) is 0 Å². The van der Waals surface area contributed by atoms with E-state index in [9.17, 15) is 9.90 Å². The topological polar surface area (TPSA) is 49.8 Å². The molecule has 1 aliphatic heterocycles. The molecule has 1 saturated heterocycles. The highest BCUT2D eigenvalue weighted by molar-refractivity contribution is 5.95. The first kappa shape index (κ1) is 15.0. The Bertz CT molecular complexity index is 471. The SMILES string of the molecule is COCc1ccccc1C(=O)N1CCCC(C)(O)CC1. The Morgan fingerprint density at radius 1 is 1.35 bits per heavy atom. The zero-order chi connectivity index (χ0) is 14.6. The van der Waals surface area contributed by atoms with Gasteiger partial charge < -0.3 is 14.7 Å². The van der Waals surface area contributed by atoms with Crippen LogP contribution in [0.15, 0.2) is 24.3 Å². The molecule has 4 nitrogen and oxygen atoms in total. The largest absolute Gasteiger partial charge is 0.390 e. The van der Waals surface area contributed by atoms with Crippen LogP contribution in [0.25, 0.3) is 0 Å². The highest BCUT2D eigenvalue weighted by Gasteiger charge is 2.28. The first-order valence-electron chi connectivity index (χ1n) is 7.12. The van der Waals surface area contributed by atoms with Gasteiger partial charge in [0.2, 0.25) is 0 Å². The molecular weight excluding hydrogens is 254 g/mol. The van der Waals surface area contributed by atoms with Crippen molar-refractivity contribution in [3.05, 3.63) is 35.4 Å². The lowest BCUT2D eigenvalue weighted by Crippen LogP contribution is -2.34. The van der Waals surface area contributed by atoms with Gasteiger partial charge in [-0.15, -0.1) is 0 Å². The molecule has 0 bridgehead atoms. The summed E-state index contributed by atoms with van der Waals surface area (Å²) >= 11 is 0. The van der Waals surface area contributed by atoms with Crippen molar-refractivity contribution < 1.29 is 14.6 Å². The number of amides is 1. The summed E-state index contributed by atoms with van der Waals surface area (Å²) < 4.78 is 5.15. The highest BCUT2D eigenvalue weighted by Crippen LogP contribution is 2.23. The molecule has 1 atom stereocenters. The Labute approximate surface area is 120 Å². The second-order valence-corrected chi connectivity index (χ2v) is 5.73. The van der Waals surface area contributed by atoms with E-state index in [0.29, 0.717) is 31.7 Å². The van der Waals surface area contributed by atoms with E-state index in [0.717, 1.165) is 18.4 Å². The molecule has 1 heterocycles. The summed E-state index contributed by atoms with van der Waals surface area (Å²) in [4.78, 5) is 14.5. The number of ether oxygens (including phenoxy) is 1. The maximum Gasteiger partial charge on any atom is 0.254 e. The molecule has 1 aromatic carbocycles. The van der Waals surface area contributed by atoms with Gasteiger partial charge in [-0.25, -0.2) is 0 Å². The van der Waals surface area contributed by atoms with Crippen molar-refractivity contribution in [3.63, 3.8) is 0 Å². The molecule has 1 fully saturated rings. The third-order valence-electron chi connectivity index (χ3n) is 3.90. The monoisotopic (exact) mass is 277 g/mol. The van der Waals surface area contributed by atoms with E-state index >= 15 is 0 Å². The maximum absolute atomic E-state index is 12.6. The van der Waals surface area contributed by atoms with Gasteiger partial charge in [-0.1, -0.05) is 18.2 Å². The smallest absolute Gasteiger partial charge is 0.254 e. The van der Waals surface area contributed by atoms with Crippen molar-refractivity contribution in [1.29, 1.82) is 0 Å². The molecule has 1 aromatic rings. The Morgan fingerprint density at radius 2 is 2.10 bits per heavy atom. The average Bonchev–Trinajstić information content (AvgIpc) is 2.60. The minimum absolute atomic E-state index is 0.0374. The van der Waals surface area contributed by atoms with Gasteiger partial charge in [0.05, 0.1) is 12.2 Å². The van der Waals surface area contributed by atoms with Crippen molar-refractivity contribution in [2.24, 2.45) is 0 Å².